The quantitative estimate of drug-likeness (QED) is 0.586. The van der Waals surface area contributed by atoms with Crippen LogP contribution in [-0.2, 0) is 12.8 Å². The fourth-order valence-corrected chi connectivity index (χ4v) is 5.35. The lowest BCUT2D eigenvalue weighted by atomic mass is 10.4. The Balaban J connectivity index is 1.79. The Labute approximate surface area is 109 Å². The van der Waals surface area contributed by atoms with Crippen LogP contribution in [0, 0.1) is 0 Å². The van der Waals surface area contributed by atoms with Gasteiger partial charge in [-0.1, -0.05) is 19.6 Å². The lowest BCUT2D eigenvalue weighted by Gasteiger charge is -2.14. The van der Waals surface area contributed by atoms with E-state index in [0.29, 0.717) is 5.92 Å². The first-order valence-corrected chi connectivity index (χ1v) is 11.3. The van der Waals surface area contributed by atoms with Gasteiger partial charge in [0.25, 0.3) is 0 Å². The Morgan fingerprint density at radius 1 is 1.29 bits per heavy atom. The van der Waals surface area contributed by atoms with Gasteiger partial charge in [-0.3, -0.25) is 0 Å². The fourth-order valence-electron chi connectivity index (χ4n) is 1.74. The first-order valence-electron chi connectivity index (χ1n) is 6.43. The topological polar surface area (TPSA) is 30.7 Å². The SMILES string of the molecule is Cn1c(CSCC[Si](C)(C)C)nnc1C1CC1. The van der Waals surface area contributed by atoms with E-state index < -0.39 is 8.07 Å². The van der Waals surface area contributed by atoms with Gasteiger partial charge in [-0.25, -0.2) is 0 Å². The second-order valence-corrected chi connectivity index (χ2v) is 12.9. The van der Waals surface area contributed by atoms with Gasteiger partial charge in [0.1, 0.15) is 11.6 Å². The Morgan fingerprint density at radius 2 is 2.00 bits per heavy atom. The molecule has 1 saturated carbocycles. The molecule has 5 heteroatoms. The maximum Gasteiger partial charge on any atom is 0.142 e. The predicted octanol–water partition coefficient (Wildman–Crippen LogP) is 3.26. The van der Waals surface area contributed by atoms with Crippen LogP contribution in [0.15, 0.2) is 0 Å². The van der Waals surface area contributed by atoms with E-state index in [4.69, 9.17) is 0 Å². The molecule has 1 aliphatic carbocycles. The molecule has 96 valence electrons. The van der Waals surface area contributed by atoms with Crippen LogP contribution in [-0.4, -0.2) is 28.6 Å². The zero-order valence-corrected chi connectivity index (χ0v) is 13.2. The van der Waals surface area contributed by atoms with Crippen LogP contribution in [0.4, 0.5) is 0 Å². The number of thioether (sulfide) groups is 1. The van der Waals surface area contributed by atoms with Crippen LogP contribution < -0.4 is 0 Å². The molecular weight excluding hydrogens is 246 g/mol. The van der Waals surface area contributed by atoms with Gasteiger partial charge in [-0.05, 0) is 24.6 Å². The average Bonchev–Trinajstić information content (AvgIpc) is 2.99. The van der Waals surface area contributed by atoms with Crippen LogP contribution in [0.2, 0.25) is 25.7 Å². The highest BCUT2D eigenvalue weighted by Crippen LogP contribution is 2.38. The summed E-state index contributed by atoms with van der Waals surface area (Å²) >= 11 is 2.00. The smallest absolute Gasteiger partial charge is 0.142 e. The molecular formula is C12H23N3SSi. The molecule has 0 bridgehead atoms. The Hall–Kier alpha value is -0.293. The van der Waals surface area contributed by atoms with Gasteiger partial charge in [0, 0.05) is 21.0 Å². The largest absolute Gasteiger partial charge is 0.317 e. The van der Waals surface area contributed by atoms with Crippen molar-refractivity contribution in [1.82, 2.24) is 14.8 Å². The molecule has 1 aromatic rings. The predicted molar refractivity (Wildman–Crippen MR) is 77.3 cm³/mol. The summed E-state index contributed by atoms with van der Waals surface area (Å²) in [5, 5.41) is 8.63. The van der Waals surface area contributed by atoms with Crippen LogP contribution in [0.1, 0.15) is 30.4 Å². The van der Waals surface area contributed by atoms with Crippen molar-refractivity contribution in [3.63, 3.8) is 0 Å². The van der Waals surface area contributed by atoms with Crippen LogP contribution in [0.3, 0.4) is 0 Å². The number of hydrogen-bond acceptors (Lipinski definition) is 3. The van der Waals surface area contributed by atoms with E-state index >= 15 is 0 Å². The summed E-state index contributed by atoms with van der Waals surface area (Å²) in [6, 6.07) is 1.39. The van der Waals surface area contributed by atoms with Crippen LogP contribution in [0.25, 0.3) is 0 Å². The fraction of sp³-hybridized carbons (Fsp3) is 0.833. The molecule has 0 radical (unpaired) electrons. The molecule has 0 spiro atoms. The number of nitrogens with zero attached hydrogens (tertiary/aromatic N) is 3. The van der Waals surface area contributed by atoms with Crippen molar-refractivity contribution in [1.29, 1.82) is 0 Å². The number of aromatic nitrogens is 3. The van der Waals surface area contributed by atoms with E-state index in [1.54, 1.807) is 0 Å². The second kappa shape index (κ2) is 5.14. The Kier molecular flexibility index (Phi) is 3.98. The van der Waals surface area contributed by atoms with Gasteiger partial charge in [-0.15, -0.1) is 10.2 Å². The molecule has 0 saturated heterocycles. The molecule has 3 nitrogen and oxygen atoms in total. The van der Waals surface area contributed by atoms with E-state index in [9.17, 15) is 0 Å². The number of hydrogen-bond donors (Lipinski definition) is 0. The first kappa shape index (κ1) is 13.1. The molecule has 0 aromatic carbocycles. The highest BCUT2D eigenvalue weighted by atomic mass is 32.2. The third kappa shape index (κ3) is 3.84. The lowest BCUT2D eigenvalue weighted by molar-refractivity contribution is 0.774. The van der Waals surface area contributed by atoms with Crippen molar-refractivity contribution in [2.45, 2.75) is 50.2 Å². The van der Waals surface area contributed by atoms with Gasteiger partial charge >= 0.3 is 0 Å². The van der Waals surface area contributed by atoms with Gasteiger partial charge in [-0.2, -0.15) is 11.8 Å². The molecule has 17 heavy (non-hydrogen) atoms. The molecule has 1 heterocycles. The highest BCUT2D eigenvalue weighted by molar-refractivity contribution is 7.98. The van der Waals surface area contributed by atoms with Crippen molar-refractivity contribution in [3.8, 4) is 0 Å². The van der Waals surface area contributed by atoms with Gasteiger partial charge in [0.05, 0.1) is 5.75 Å². The summed E-state index contributed by atoms with van der Waals surface area (Å²) in [4.78, 5) is 0. The van der Waals surface area contributed by atoms with E-state index in [0.717, 1.165) is 11.6 Å². The maximum atomic E-state index is 4.31. The monoisotopic (exact) mass is 269 g/mol. The Bertz CT molecular complexity index is 380. The summed E-state index contributed by atoms with van der Waals surface area (Å²) in [5.41, 5.74) is 0. The van der Waals surface area contributed by atoms with Gasteiger partial charge < -0.3 is 4.57 Å². The van der Waals surface area contributed by atoms with Crippen LogP contribution in [0.5, 0.6) is 0 Å². The minimum absolute atomic E-state index is 0.702. The minimum Gasteiger partial charge on any atom is -0.317 e. The molecule has 1 aliphatic rings. The first-order chi connectivity index (χ1) is 7.97. The Morgan fingerprint density at radius 3 is 2.59 bits per heavy atom. The summed E-state index contributed by atoms with van der Waals surface area (Å²) in [7, 11) is 1.24. The van der Waals surface area contributed by atoms with Crippen LogP contribution >= 0.6 is 11.8 Å². The molecule has 0 amide bonds. The summed E-state index contributed by atoms with van der Waals surface area (Å²) in [5.74, 6) is 5.33. The summed E-state index contributed by atoms with van der Waals surface area (Å²) in [6.07, 6.45) is 2.60. The van der Waals surface area contributed by atoms with E-state index in [2.05, 4.69) is 41.5 Å². The van der Waals surface area contributed by atoms with Gasteiger partial charge in [0.2, 0.25) is 0 Å². The molecule has 0 N–H and O–H groups in total. The molecule has 1 fully saturated rings. The molecule has 0 unspecified atom stereocenters. The maximum absolute atomic E-state index is 4.31. The average molecular weight is 269 g/mol. The lowest BCUT2D eigenvalue weighted by Crippen LogP contribution is -2.19. The van der Waals surface area contributed by atoms with Crippen molar-refractivity contribution in [3.05, 3.63) is 11.6 Å². The molecule has 1 aromatic heterocycles. The minimum atomic E-state index is -0.875. The van der Waals surface area contributed by atoms with Crippen molar-refractivity contribution in [2.24, 2.45) is 7.05 Å². The zero-order chi connectivity index (χ0) is 12.5. The third-order valence-corrected chi connectivity index (χ3v) is 6.24. The van der Waals surface area contributed by atoms with E-state index in [1.165, 1.54) is 30.5 Å². The zero-order valence-electron chi connectivity index (χ0n) is 11.4. The van der Waals surface area contributed by atoms with Gasteiger partial charge in [0.15, 0.2) is 0 Å². The van der Waals surface area contributed by atoms with Crippen molar-refractivity contribution in [2.75, 3.05) is 5.75 Å². The molecule has 0 atom stereocenters. The molecule has 0 aliphatic heterocycles. The standard InChI is InChI=1S/C12H23N3SSi/c1-15-11(9-16-7-8-17(2,3)4)13-14-12(15)10-5-6-10/h10H,5-9H2,1-4H3. The third-order valence-electron chi connectivity index (χ3n) is 3.17. The highest BCUT2D eigenvalue weighted by Gasteiger charge is 2.29. The number of rotatable bonds is 6. The molecule has 2 rings (SSSR count). The van der Waals surface area contributed by atoms with Crippen molar-refractivity contribution < 1.29 is 0 Å². The van der Waals surface area contributed by atoms with E-state index in [1.807, 2.05) is 11.8 Å². The second-order valence-electron chi connectivity index (χ2n) is 6.17. The van der Waals surface area contributed by atoms with Crippen molar-refractivity contribution >= 4 is 19.8 Å². The van der Waals surface area contributed by atoms with E-state index in [-0.39, 0.29) is 0 Å². The normalized spacial score (nSPS) is 16.5. The summed E-state index contributed by atoms with van der Waals surface area (Å²) < 4.78 is 2.21. The summed E-state index contributed by atoms with van der Waals surface area (Å²) in [6.45, 7) is 7.29.